The van der Waals surface area contributed by atoms with Gasteiger partial charge in [0.05, 0.1) is 11.1 Å². The third kappa shape index (κ3) is 12.6. The molecule has 4 nitrogen and oxygen atoms in total. The molecule has 0 aliphatic heterocycles. The van der Waals surface area contributed by atoms with Crippen LogP contribution in [0.4, 0.5) is 0 Å². The van der Waals surface area contributed by atoms with Crippen LogP contribution in [0.1, 0.15) is 20.7 Å². The van der Waals surface area contributed by atoms with Gasteiger partial charge in [-0.2, -0.15) is 0 Å². The van der Waals surface area contributed by atoms with Crippen LogP contribution in [-0.4, -0.2) is 47.2 Å². The van der Waals surface area contributed by atoms with Gasteiger partial charge < -0.3 is 10.2 Å². The van der Waals surface area contributed by atoms with Crippen LogP contribution in [0, 0.1) is 0 Å². The van der Waals surface area contributed by atoms with E-state index in [1.807, 2.05) is 0 Å². The summed E-state index contributed by atoms with van der Waals surface area (Å²) < 4.78 is 0. The van der Waals surface area contributed by atoms with Gasteiger partial charge in [-0.15, -0.1) is 0 Å². The average molecular weight is 355 g/mol. The molecule has 0 bridgehead atoms. The number of carboxylic acids is 2. The van der Waals surface area contributed by atoms with Crippen LogP contribution in [0.3, 0.4) is 0 Å². The molecule has 0 aliphatic rings. The summed E-state index contributed by atoms with van der Waals surface area (Å²) in [5.74, 6) is -2.13. The first kappa shape index (κ1) is 21.9. The van der Waals surface area contributed by atoms with E-state index in [-0.39, 0.29) is 11.1 Å². The van der Waals surface area contributed by atoms with Crippen molar-refractivity contribution < 1.29 is 19.8 Å². The molecule has 20 heavy (non-hydrogen) atoms. The summed E-state index contributed by atoms with van der Waals surface area (Å²) in [6, 6.07) is 5.02. The molecule has 0 amide bonds. The van der Waals surface area contributed by atoms with Crippen LogP contribution in [0.15, 0.2) is 24.3 Å². The average Bonchev–Trinajstić information content (AvgIpc) is 2.47. The zero-order valence-corrected chi connectivity index (χ0v) is 14.9. The molecule has 1 rings (SSSR count). The number of hydrogen-bond acceptors (Lipinski definition) is 6. The summed E-state index contributed by atoms with van der Waals surface area (Å²) in [6.07, 6.45) is 8.24. The van der Waals surface area contributed by atoms with Crippen molar-refractivity contribution in [3.63, 3.8) is 0 Å². The standard InChI is InChI=1S/C8H6O4.2C2H6S2/c9-7(10)5-1-2-6(4-3-5)8(11)12;2*1-3-4-2/h1-4H,(H,9,10)(H,11,12);2*1-2H3. The van der Waals surface area contributed by atoms with Crippen molar-refractivity contribution >= 4 is 55.1 Å². The lowest BCUT2D eigenvalue weighted by atomic mass is 10.1. The van der Waals surface area contributed by atoms with Crippen LogP contribution in [0.2, 0.25) is 0 Å². The second-order valence-electron chi connectivity index (χ2n) is 2.85. The largest absolute Gasteiger partial charge is 0.478 e. The Hall–Kier alpha value is -0.440. The highest BCUT2D eigenvalue weighted by Gasteiger charge is 2.04. The molecule has 0 aromatic heterocycles. The van der Waals surface area contributed by atoms with Gasteiger partial charge in [0.2, 0.25) is 0 Å². The fourth-order valence-corrected chi connectivity index (χ4v) is 0.755. The highest BCUT2D eigenvalue weighted by atomic mass is 33.1. The Bertz CT molecular complexity index is 341. The van der Waals surface area contributed by atoms with Crippen molar-refractivity contribution in [2.45, 2.75) is 0 Å². The molecule has 0 saturated heterocycles. The van der Waals surface area contributed by atoms with E-state index in [4.69, 9.17) is 10.2 Å². The van der Waals surface area contributed by atoms with E-state index >= 15 is 0 Å². The lowest BCUT2D eigenvalue weighted by Gasteiger charge is -1.94. The van der Waals surface area contributed by atoms with E-state index in [0.29, 0.717) is 0 Å². The molecule has 0 radical (unpaired) electrons. The van der Waals surface area contributed by atoms with Gasteiger partial charge in [-0.1, -0.05) is 43.2 Å². The van der Waals surface area contributed by atoms with Crippen molar-refractivity contribution in [1.82, 2.24) is 0 Å². The van der Waals surface area contributed by atoms with Gasteiger partial charge in [-0.05, 0) is 49.3 Å². The second-order valence-corrected chi connectivity index (χ2v) is 8.19. The van der Waals surface area contributed by atoms with E-state index < -0.39 is 11.9 Å². The summed E-state index contributed by atoms with van der Waals surface area (Å²) in [7, 11) is 7.09. The van der Waals surface area contributed by atoms with Gasteiger partial charge in [-0.25, -0.2) is 9.59 Å². The Morgan fingerprint density at radius 3 is 1.00 bits per heavy atom. The number of rotatable bonds is 4. The first-order chi connectivity index (χ1) is 9.44. The molecule has 8 heteroatoms. The molecule has 0 atom stereocenters. The predicted octanol–water partition coefficient (Wildman–Crippen LogP) is 4.34. The first-order valence-electron chi connectivity index (χ1n) is 5.14. The fraction of sp³-hybridized carbons (Fsp3) is 0.333. The summed E-state index contributed by atoms with van der Waals surface area (Å²) in [6.45, 7) is 0. The molecule has 0 heterocycles. The Morgan fingerprint density at radius 1 is 0.700 bits per heavy atom. The maximum absolute atomic E-state index is 10.3. The molecular formula is C12H18O4S4. The van der Waals surface area contributed by atoms with E-state index in [2.05, 4.69) is 25.0 Å². The summed E-state index contributed by atoms with van der Waals surface area (Å²) in [5, 5.41) is 16.9. The Kier molecular flexibility index (Phi) is 16.3. The molecule has 0 spiro atoms. The Labute approximate surface area is 135 Å². The van der Waals surface area contributed by atoms with Crippen LogP contribution in [-0.2, 0) is 0 Å². The van der Waals surface area contributed by atoms with Crippen molar-refractivity contribution in [1.29, 1.82) is 0 Å². The molecule has 0 saturated carbocycles. The molecular weight excluding hydrogens is 336 g/mol. The number of hydrogen-bond donors (Lipinski definition) is 2. The topological polar surface area (TPSA) is 74.6 Å². The first-order valence-corrected chi connectivity index (χ1v) is 11.1. The molecule has 1 aromatic carbocycles. The van der Waals surface area contributed by atoms with Crippen LogP contribution < -0.4 is 0 Å². The number of carboxylic acid groups (broad SMARTS) is 2. The fourth-order valence-electron chi connectivity index (χ4n) is 0.755. The van der Waals surface area contributed by atoms with Crippen LogP contribution in [0.25, 0.3) is 0 Å². The van der Waals surface area contributed by atoms with Gasteiger partial charge in [0.25, 0.3) is 0 Å². The van der Waals surface area contributed by atoms with Gasteiger partial charge in [-0.3, -0.25) is 0 Å². The van der Waals surface area contributed by atoms with Gasteiger partial charge >= 0.3 is 11.9 Å². The quantitative estimate of drug-likeness (QED) is 0.774. The predicted molar refractivity (Wildman–Crippen MR) is 94.4 cm³/mol. The maximum Gasteiger partial charge on any atom is 0.335 e. The second kappa shape index (κ2) is 15.0. The molecule has 114 valence electrons. The van der Waals surface area contributed by atoms with E-state index in [1.54, 1.807) is 43.2 Å². The zero-order valence-electron chi connectivity index (χ0n) is 11.7. The highest BCUT2D eigenvalue weighted by Crippen LogP contribution is 2.09. The monoisotopic (exact) mass is 354 g/mol. The number of benzene rings is 1. The van der Waals surface area contributed by atoms with Crippen molar-refractivity contribution in [2.24, 2.45) is 0 Å². The Morgan fingerprint density at radius 2 is 0.900 bits per heavy atom. The van der Waals surface area contributed by atoms with Crippen LogP contribution in [0.5, 0.6) is 0 Å². The van der Waals surface area contributed by atoms with E-state index in [0.717, 1.165) is 0 Å². The lowest BCUT2D eigenvalue weighted by molar-refractivity contribution is 0.0681. The third-order valence-electron chi connectivity index (χ3n) is 1.71. The number of aromatic carboxylic acids is 2. The van der Waals surface area contributed by atoms with Crippen molar-refractivity contribution in [2.75, 3.05) is 25.0 Å². The van der Waals surface area contributed by atoms with Crippen molar-refractivity contribution in [3.8, 4) is 0 Å². The lowest BCUT2D eigenvalue weighted by Crippen LogP contribution is -1.99. The van der Waals surface area contributed by atoms with Crippen LogP contribution >= 0.6 is 43.2 Å². The zero-order chi connectivity index (χ0) is 16.0. The summed E-state index contributed by atoms with van der Waals surface area (Å²) >= 11 is 0. The molecule has 0 fully saturated rings. The normalized spacial score (nSPS) is 8.60. The minimum absolute atomic E-state index is 0.0833. The molecule has 2 N–H and O–H groups in total. The van der Waals surface area contributed by atoms with Gasteiger partial charge in [0, 0.05) is 0 Å². The number of carbonyl (C=O) groups is 2. The maximum atomic E-state index is 10.3. The van der Waals surface area contributed by atoms with Gasteiger partial charge in [0.15, 0.2) is 0 Å². The SMILES string of the molecule is CSSC.CSSC.O=C(O)c1ccc(C(=O)O)cc1. The molecule has 0 aliphatic carbocycles. The molecule has 1 aromatic rings. The summed E-state index contributed by atoms with van der Waals surface area (Å²) in [4.78, 5) is 20.7. The highest BCUT2D eigenvalue weighted by molar-refractivity contribution is 8.76. The minimum Gasteiger partial charge on any atom is -0.478 e. The Balaban J connectivity index is 0. The van der Waals surface area contributed by atoms with Gasteiger partial charge in [0.1, 0.15) is 0 Å². The smallest absolute Gasteiger partial charge is 0.335 e. The third-order valence-corrected chi connectivity index (χ3v) is 4.38. The molecule has 0 unspecified atom stereocenters. The minimum atomic E-state index is -1.06. The van der Waals surface area contributed by atoms with E-state index in [1.165, 1.54) is 24.3 Å². The summed E-state index contributed by atoms with van der Waals surface area (Å²) in [5.41, 5.74) is 0.167. The van der Waals surface area contributed by atoms with Crippen molar-refractivity contribution in [3.05, 3.63) is 35.4 Å². The van der Waals surface area contributed by atoms with E-state index in [9.17, 15) is 9.59 Å².